The van der Waals surface area contributed by atoms with Gasteiger partial charge in [-0.1, -0.05) is 30.7 Å². The van der Waals surface area contributed by atoms with Crippen LogP contribution in [0, 0.1) is 6.92 Å². The van der Waals surface area contributed by atoms with Gasteiger partial charge in [-0.2, -0.15) is 8.42 Å². The smallest absolute Gasteiger partial charge is 0.333 e. The van der Waals surface area contributed by atoms with Crippen molar-refractivity contribution in [2.75, 3.05) is 0 Å². The number of aryl methyl sites for hydroxylation is 1. The fourth-order valence-corrected chi connectivity index (χ4v) is 3.60. The molecule has 0 aromatic heterocycles. The van der Waals surface area contributed by atoms with Crippen molar-refractivity contribution in [1.82, 2.24) is 0 Å². The minimum atomic E-state index is -3.88. The van der Waals surface area contributed by atoms with Crippen LogP contribution >= 0.6 is 0 Å². The van der Waals surface area contributed by atoms with E-state index >= 15 is 0 Å². The number of carbonyl (C=O) groups excluding carboxylic acids is 1. The van der Waals surface area contributed by atoms with Gasteiger partial charge in [0.05, 0.1) is 4.90 Å². The van der Waals surface area contributed by atoms with E-state index in [9.17, 15) is 13.2 Å². The van der Waals surface area contributed by atoms with E-state index in [1.54, 1.807) is 19.1 Å². The van der Waals surface area contributed by atoms with Crippen LogP contribution in [-0.2, 0) is 23.8 Å². The Balaban J connectivity index is 2.13. The Bertz CT molecular complexity index is 675. The van der Waals surface area contributed by atoms with Crippen LogP contribution in [-0.4, -0.2) is 26.6 Å². The number of hydrogen-bond donors (Lipinski definition) is 0. The number of benzene rings is 1. The molecular weight excluding hydrogens is 316 g/mol. The molecule has 0 saturated heterocycles. The summed E-state index contributed by atoms with van der Waals surface area (Å²) in [6.45, 7) is 6.98. The molecule has 2 unspecified atom stereocenters. The predicted octanol–water partition coefficient (Wildman–Crippen LogP) is 3.13. The summed E-state index contributed by atoms with van der Waals surface area (Å²) in [5.41, 5.74) is 1.26. The molecular formula is C17H22O5S. The minimum Gasteiger partial charge on any atom is -0.456 e. The van der Waals surface area contributed by atoms with Gasteiger partial charge in [0.2, 0.25) is 0 Å². The molecule has 1 aliphatic carbocycles. The van der Waals surface area contributed by atoms with E-state index in [0.29, 0.717) is 12.8 Å². The highest BCUT2D eigenvalue weighted by molar-refractivity contribution is 7.86. The lowest BCUT2D eigenvalue weighted by Gasteiger charge is -2.30. The predicted molar refractivity (Wildman–Crippen MR) is 86.4 cm³/mol. The maximum atomic E-state index is 12.4. The van der Waals surface area contributed by atoms with Crippen LogP contribution in [0.4, 0.5) is 0 Å². The highest BCUT2D eigenvalue weighted by atomic mass is 32.2. The second kappa shape index (κ2) is 7.27. The Hall–Kier alpha value is -1.66. The number of ether oxygens (including phenoxy) is 1. The van der Waals surface area contributed by atoms with E-state index in [0.717, 1.165) is 18.4 Å². The van der Waals surface area contributed by atoms with E-state index in [1.807, 2.05) is 6.92 Å². The number of rotatable bonds is 5. The first-order valence-corrected chi connectivity index (χ1v) is 9.07. The number of hydrogen-bond acceptors (Lipinski definition) is 5. The first kappa shape index (κ1) is 17.7. The zero-order valence-corrected chi connectivity index (χ0v) is 14.3. The van der Waals surface area contributed by atoms with Crippen LogP contribution in [0.5, 0.6) is 0 Å². The van der Waals surface area contributed by atoms with Gasteiger partial charge in [0.25, 0.3) is 10.1 Å². The molecule has 1 saturated carbocycles. The number of esters is 1. The fourth-order valence-electron chi connectivity index (χ4n) is 2.47. The van der Waals surface area contributed by atoms with E-state index in [4.69, 9.17) is 8.92 Å². The zero-order valence-electron chi connectivity index (χ0n) is 13.4. The van der Waals surface area contributed by atoms with Gasteiger partial charge >= 0.3 is 5.97 Å². The zero-order chi connectivity index (χ0) is 17.0. The van der Waals surface area contributed by atoms with Crippen molar-refractivity contribution in [3.63, 3.8) is 0 Å². The van der Waals surface area contributed by atoms with Crippen molar-refractivity contribution in [2.24, 2.45) is 0 Å². The van der Waals surface area contributed by atoms with Gasteiger partial charge in [0, 0.05) is 5.57 Å². The van der Waals surface area contributed by atoms with E-state index in [1.165, 1.54) is 12.1 Å². The Morgan fingerprint density at radius 2 is 1.70 bits per heavy atom. The summed E-state index contributed by atoms with van der Waals surface area (Å²) >= 11 is 0. The fraction of sp³-hybridized carbons (Fsp3) is 0.471. The Morgan fingerprint density at radius 1 is 1.13 bits per heavy atom. The minimum absolute atomic E-state index is 0.110. The van der Waals surface area contributed by atoms with Crippen molar-refractivity contribution in [3.05, 3.63) is 42.0 Å². The molecule has 126 valence electrons. The third-order valence-corrected chi connectivity index (χ3v) is 5.16. The normalized spacial score (nSPS) is 21.7. The SMILES string of the molecule is C=C(C)C(=O)OC1CCCCC1OS(=O)(=O)c1ccc(C)cc1. The monoisotopic (exact) mass is 338 g/mol. The van der Waals surface area contributed by atoms with Gasteiger partial charge < -0.3 is 4.74 Å². The molecule has 0 spiro atoms. The summed E-state index contributed by atoms with van der Waals surface area (Å²) < 4.78 is 35.5. The molecule has 2 rings (SSSR count). The first-order valence-electron chi connectivity index (χ1n) is 7.66. The standard InChI is InChI=1S/C17H22O5S/c1-12(2)17(18)21-15-6-4-5-7-16(15)22-23(19,20)14-10-8-13(3)9-11-14/h8-11,15-16H,1,4-7H2,2-3H3. The van der Waals surface area contributed by atoms with Crippen molar-refractivity contribution in [3.8, 4) is 0 Å². The maximum Gasteiger partial charge on any atom is 0.333 e. The van der Waals surface area contributed by atoms with Crippen LogP contribution in [0.3, 0.4) is 0 Å². The molecule has 5 nitrogen and oxygen atoms in total. The van der Waals surface area contributed by atoms with E-state index in [-0.39, 0.29) is 10.5 Å². The van der Waals surface area contributed by atoms with Gasteiger partial charge in [-0.25, -0.2) is 4.79 Å². The Kier molecular flexibility index (Phi) is 5.59. The van der Waals surface area contributed by atoms with Crippen molar-refractivity contribution in [2.45, 2.75) is 56.6 Å². The largest absolute Gasteiger partial charge is 0.456 e. The third-order valence-electron chi connectivity index (χ3n) is 3.81. The van der Waals surface area contributed by atoms with Gasteiger partial charge in [-0.05, 0) is 45.2 Å². The average Bonchev–Trinajstić information content (AvgIpc) is 2.49. The van der Waals surface area contributed by atoms with E-state index < -0.39 is 28.3 Å². The molecule has 1 aromatic carbocycles. The Labute approximate surface area is 137 Å². The molecule has 1 aromatic rings. The van der Waals surface area contributed by atoms with Crippen LogP contribution in [0.2, 0.25) is 0 Å². The molecule has 0 radical (unpaired) electrons. The quantitative estimate of drug-likeness (QED) is 0.469. The second-order valence-corrected chi connectivity index (χ2v) is 7.48. The van der Waals surface area contributed by atoms with Gasteiger partial charge in [0.15, 0.2) is 0 Å². The molecule has 0 amide bonds. The van der Waals surface area contributed by atoms with Crippen molar-refractivity contribution < 1.29 is 22.1 Å². The summed E-state index contributed by atoms with van der Waals surface area (Å²) in [4.78, 5) is 11.8. The summed E-state index contributed by atoms with van der Waals surface area (Å²) in [6, 6.07) is 6.47. The summed E-state index contributed by atoms with van der Waals surface area (Å²) in [7, 11) is -3.88. The van der Waals surface area contributed by atoms with Crippen molar-refractivity contribution >= 4 is 16.1 Å². The number of carbonyl (C=O) groups is 1. The molecule has 1 fully saturated rings. The first-order chi connectivity index (χ1) is 10.8. The van der Waals surface area contributed by atoms with Gasteiger partial charge in [0.1, 0.15) is 12.2 Å². The second-order valence-electron chi connectivity index (χ2n) is 5.91. The lowest BCUT2D eigenvalue weighted by molar-refractivity contribution is -0.151. The molecule has 0 N–H and O–H groups in total. The van der Waals surface area contributed by atoms with Crippen molar-refractivity contribution in [1.29, 1.82) is 0 Å². The molecule has 1 aliphatic rings. The van der Waals surface area contributed by atoms with Crippen LogP contribution in [0.1, 0.15) is 38.2 Å². The third kappa shape index (κ3) is 4.65. The lowest BCUT2D eigenvalue weighted by atomic mass is 9.95. The van der Waals surface area contributed by atoms with Gasteiger partial charge in [-0.15, -0.1) is 0 Å². The molecule has 0 aliphatic heterocycles. The molecule has 0 bridgehead atoms. The maximum absolute atomic E-state index is 12.4. The topological polar surface area (TPSA) is 69.7 Å². The average molecular weight is 338 g/mol. The van der Waals surface area contributed by atoms with E-state index in [2.05, 4.69) is 6.58 Å². The highest BCUT2D eigenvalue weighted by Gasteiger charge is 2.33. The lowest BCUT2D eigenvalue weighted by Crippen LogP contribution is -2.38. The summed E-state index contributed by atoms with van der Waals surface area (Å²) in [6.07, 6.45) is 1.63. The van der Waals surface area contributed by atoms with Crippen LogP contribution < -0.4 is 0 Å². The molecule has 0 heterocycles. The van der Waals surface area contributed by atoms with Gasteiger partial charge in [-0.3, -0.25) is 4.18 Å². The molecule has 23 heavy (non-hydrogen) atoms. The van der Waals surface area contributed by atoms with Crippen LogP contribution in [0.15, 0.2) is 41.3 Å². The summed E-state index contributed by atoms with van der Waals surface area (Å²) in [5.74, 6) is -0.516. The van der Waals surface area contributed by atoms with Crippen LogP contribution in [0.25, 0.3) is 0 Å². The molecule has 6 heteroatoms. The summed E-state index contributed by atoms with van der Waals surface area (Å²) in [5, 5.41) is 0. The molecule has 2 atom stereocenters. The Morgan fingerprint density at radius 3 is 2.26 bits per heavy atom. The highest BCUT2D eigenvalue weighted by Crippen LogP contribution is 2.28.